The second kappa shape index (κ2) is 4.13. The van der Waals surface area contributed by atoms with E-state index in [0.717, 1.165) is 0 Å². The van der Waals surface area contributed by atoms with Crippen molar-refractivity contribution >= 4 is 0 Å². The Morgan fingerprint density at radius 2 is 2.08 bits per heavy atom. The van der Waals surface area contributed by atoms with Gasteiger partial charge in [0.05, 0.1) is 13.2 Å². The van der Waals surface area contributed by atoms with Crippen LogP contribution >= 0.6 is 0 Å². The predicted molar refractivity (Wildman–Crippen MR) is 37.9 cm³/mol. The smallest absolute Gasteiger partial charge is 0.130 e. The van der Waals surface area contributed by atoms with Crippen LogP contribution in [0.4, 0.5) is 0 Å². The van der Waals surface area contributed by atoms with E-state index in [1.54, 1.807) is 0 Å². The average molecular weight is 179 g/mol. The molecule has 0 aromatic carbocycles. The van der Waals surface area contributed by atoms with Crippen LogP contribution in [-0.2, 0) is 9.57 Å². The van der Waals surface area contributed by atoms with Gasteiger partial charge in [0, 0.05) is 0 Å². The van der Waals surface area contributed by atoms with Crippen molar-refractivity contribution < 1.29 is 24.9 Å². The van der Waals surface area contributed by atoms with Crippen LogP contribution in [0.5, 0.6) is 0 Å². The fourth-order valence-corrected chi connectivity index (χ4v) is 1.14. The zero-order valence-electron chi connectivity index (χ0n) is 6.46. The Labute approximate surface area is 69.5 Å². The van der Waals surface area contributed by atoms with E-state index in [4.69, 9.17) is 15.7 Å². The third kappa shape index (κ3) is 1.74. The van der Waals surface area contributed by atoms with E-state index in [9.17, 15) is 10.2 Å². The van der Waals surface area contributed by atoms with Gasteiger partial charge in [0.2, 0.25) is 0 Å². The molecule has 4 atom stereocenters. The number of nitrogens with two attached hydrogens (primary N) is 1. The summed E-state index contributed by atoms with van der Waals surface area (Å²) >= 11 is 0. The zero-order chi connectivity index (χ0) is 9.14. The standard InChI is InChI=1S/C6H13NO5/c7-12-4-2-11-3(1-8)5(9)6(4)10/h3-6,8-10H,1-2,7H2/t3-,4+,5-,6-/m1/s1. The van der Waals surface area contributed by atoms with Crippen LogP contribution in [-0.4, -0.2) is 52.9 Å². The molecule has 1 rings (SSSR count). The zero-order valence-corrected chi connectivity index (χ0v) is 6.46. The summed E-state index contributed by atoms with van der Waals surface area (Å²) < 4.78 is 4.95. The van der Waals surface area contributed by atoms with Gasteiger partial charge >= 0.3 is 0 Å². The molecule has 0 spiro atoms. The highest BCUT2D eigenvalue weighted by Gasteiger charge is 2.38. The van der Waals surface area contributed by atoms with E-state index in [0.29, 0.717) is 0 Å². The van der Waals surface area contributed by atoms with E-state index >= 15 is 0 Å². The SMILES string of the molecule is NO[C@H]1CO[C@H](CO)[C@@H](O)[C@@H]1O. The highest BCUT2D eigenvalue weighted by atomic mass is 16.7. The van der Waals surface area contributed by atoms with Crippen LogP contribution in [0.2, 0.25) is 0 Å². The molecule has 0 bridgehead atoms. The van der Waals surface area contributed by atoms with Gasteiger partial charge in [0.1, 0.15) is 24.4 Å². The van der Waals surface area contributed by atoms with E-state index in [2.05, 4.69) is 4.84 Å². The van der Waals surface area contributed by atoms with Gasteiger partial charge in [0.15, 0.2) is 0 Å². The monoisotopic (exact) mass is 179 g/mol. The minimum absolute atomic E-state index is 0.0694. The maximum atomic E-state index is 9.29. The molecule has 0 aromatic heterocycles. The van der Waals surface area contributed by atoms with Gasteiger partial charge in [-0.25, -0.2) is 5.90 Å². The summed E-state index contributed by atoms with van der Waals surface area (Å²) in [5.74, 6) is 4.83. The Kier molecular flexibility index (Phi) is 3.39. The van der Waals surface area contributed by atoms with Gasteiger partial charge in [-0.15, -0.1) is 0 Å². The molecule has 1 heterocycles. The fourth-order valence-electron chi connectivity index (χ4n) is 1.14. The number of ether oxygens (including phenoxy) is 1. The average Bonchev–Trinajstić information content (AvgIpc) is 2.10. The summed E-state index contributed by atoms with van der Waals surface area (Å²) in [6, 6.07) is 0. The maximum Gasteiger partial charge on any atom is 0.130 e. The molecule has 6 heteroatoms. The molecule has 0 radical (unpaired) electrons. The van der Waals surface area contributed by atoms with Gasteiger partial charge in [-0.3, -0.25) is 4.84 Å². The second-order valence-corrected chi connectivity index (χ2v) is 2.71. The van der Waals surface area contributed by atoms with Crippen molar-refractivity contribution in [2.45, 2.75) is 24.4 Å². The van der Waals surface area contributed by atoms with Crippen molar-refractivity contribution in [1.82, 2.24) is 0 Å². The van der Waals surface area contributed by atoms with Crippen LogP contribution in [0.25, 0.3) is 0 Å². The van der Waals surface area contributed by atoms with E-state index in [1.807, 2.05) is 0 Å². The summed E-state index contributed by atoms with van der Waals surface area (Å²) in [5.41, 5.74) is 0. The number of hydrogen-bond donors (Lipinski definition) is 4. The maximum absolute atomic E-state index is 9.29. The van der Waals surface area contributed by atoms with Crippen molar-refractivity contribution in [1.29, 1.82) is 0 Å². The van der Waals surface area contributed by atoms with Gasteiger partial charge in [-0.1, -0.05) is 0 Å². The molecular formula is C6H13NO5. The van der Waals surface area contributed by atoms with E-state index < -0.39 is 24.4 Å². The molecule has 12 heavy (non-hydrogen) atoms. The molecule has 0 aromatic rings. The van der Waals surface area contributed by atoms with Gasteiger partial charge in [0.25, 0.3) is 0 Å². The largest absolute Gasteiger partial charge is 0.394 e. The molecule has 0 saturated carbocycles. The molecule has 0 aliphatic carbocycles. The second-order valence-electron chi connectivity index (χ2n) is 2.71. The summed E-state index contributed by atoms with van der Waals surface area (Å²) in [6.45, 7) is -0.268. The van der Waals surface area contributed by atoms with E-state index in [-0.39, 0.29) is 13.2 Å². The Bertz CT molecular complexity index is 128. The van der Waals surface area contributed by atoms with E-state index in [1.165, 1.54) is 0 Å². The molecule has 0 unspecified atom stereocenters. The lowest BCUT2D eigenvalue weighted by Crippen LogP contribution is -2.55. The highest BCUT2D eigenvalue weighted by Crippen LogP contribution is 2.16. The first-order valence-corrected chi connectivity index (χ1v) is 3.64. The molecule has 5 N–H and O–H groups in total. The molecule has 72 valence electrons. The predicted octanol–water partition coefficient (Wildman–Crippen LogP) is -2.64. The van der Waals surface area contributed by atoms with Crippen molar-refractivity contribution in [2.75, 3.05) is 13.2 Å². The normalized spacial score (nSPS) is 43.0. The molecule has 1 saturated heterocycles. The van der Waals surface area contributed by atoms with Crippen molar-refractivity contribution in [3.63, 3.8) is 0 Å². The molecule has 1 aliphatic heterocycles. The Morgan fingerprint density at radius 1 is 1.42 bits per heavy atom. The van der Waals surface area contributed by atoms with Gasteiger partial charge in [-0.05, 0) is 0 Å². The minimum Gasteiger partial charge on any atom is -0.394 e. The number of aliphatic hydroxyl groups excluding tert-OH is 3. The van der Waals surface area contributed by atoms with Gasteiger partial charge in [-0.2, -0.15) is 0 Å². The highest BCUT2D eigenvalue weighted by molar-refractivity contribution is 4.86. The Morgan fingerprint density at radius 3 is 2.58 bits per heavy atom. The van der Waals surface area contributed by atoms with Crippen LogP contribution in [0.3, 0.4) is 0 Å². The van der Waals surface area contributed by atoms with Crippen LogP contribution in [0.15, 0.2) is 0 Å². The summed E-state index contributed by atoms with van der Waals surface area (Å²) in [4.78, 5) is 4.35. The minimum atomic E-state index is -1.16. The molecule has 0 amide bonds. The lowest BCUT2D eigenvalue weighted by Gasteiger charge is -2.35. The molecule has 6 nitrogen and oxygen atoms in total. The molecule has 1 fully saturated rings. The van der Waals surface area contributed by atoms with Crippen LogP contribution in [0.1, 0.15) is 0 Å². The third-order valence-electron chi connectivity index (χ3n) is 1.94. The summed E-state index contributed by atoms with van der Waals surface area (Å²) in [5, 5.41) is 27.2. The van der Waals surface area contributed by atoms with Crippen molar-refractivity contribution in [2.24, 2.45) is 5.90 Å². The molecule has 1 aliphatic rings. The quantitative estimate of drug-likeness (QED) is 0.345. The van der Waals surface area contributed by atoms with Crippen molar-refractivity contribution in [3.05, 3.63) is 0 Å². The summed E-state index contributed by atoms with van der Waals surface area (Å²) in [6.07, 6.45) is -3.76. The number of aliphatic hydroxyl groups is 3. The first-order valence-electron chi connectivity index (χ1n) is 3.64. The first kappa shape index (κ1) is 9.85. The first-order chi connectivity index (χ1) is 5.70. The van der Waals surface area contributed by atoms with Crippen LogP contribution in [0, 0.1) is 0 Å². The van der Waals surface area contributed by atoms with Crippen molar-refractivity contribution in [3.8, 4) is 0 Å². The Hall–Kier alpha value is -0.240. The topological polar surface area (TPSA) is 105 Å². The number of hydrogen-bond acceptors (Lipinski definition) is 6. The third-order valence-corrected chi connectivity index (χ3v) is 1.94. The summed E-state index contributed by atoms with van der Waals surface area (Å²) in [7, 11) is 0. The molecular weight excluding hydrogens is 166 g/mol. The number of rotatable bonds is 2. The Balaban J connectivity index is 2.52. The fraction of sp³-hybridized carbons (Fsp3) is 1.00. The lowest BCUT2D eigenvalue weighted by molar-refractivity contribution is -0.209. The lowest BCUT2D eigenvalue weighted by atomic mass is 10.0. The van der Waals surface area contributed by atoms with Gasteiger partial charge < -0.3 is 20.1 Å². The van der Waals surface area contributed by atoms with Crippen LogP contribution < -0.4 is 5.90 Å².